The molecule has 0 saturated heterocycles. The summed E-state index contributed by atoms with van der Waals surface area (Å²) in [7, 11) is -3.45. The molecule has 2 rings (SSSR count). The van der Waals surface area contributed by atoms with E-state index in [0.29, 0.717) is 11.5 Å². The van der Waals surface area contributed by atoms with Crippen molar-refractivity contribution in [3.8, 4) is 0 Å². The van der Waals surface area contributed by atoms with Crippen molar-refractivity contribution in [2.75, 3.05) is 6.54 Å². The molecule has 1 saturated carbocycles. The summed E-state index contributed by atoms with van der Waals surface area (Å²) < 4.78 is 38.9. The van der Waals surface area contributed by atoms with Gasteiger partial charge in [-0.3, -0.25) is 0 Å². The van der Waals surface area contributed by atoms with Gasteiger partial charge in [-0.2, -0.15) is 0 Å². The first-order chi connectivity index (χ1) is 8.46. The highest BCUT2D eigenvalue weighted by atomic mass is 35.5. The van der Waals surface area contributed by atoms with Crippen LogP contribution in [0.15, 0.2) is 24.3 Å². The highest BCUT2D eigenvalue weighted by Crippen LogP contribution is 2.31. The molecule has 0 amide bonds. The van der Waals surface area contributed by atoms with Gasteiger partial charge in [-0.25, -0.2) is 17.5 Å². The van der Waals surface area contributed by atoms with Crippen LogP contribution in [0.4, 0.5) is 4.39 Å². The molecule has 1 aromatic rings. The van der Waals surface area contributed by atoms with Crippen LogP contribution in [-0.4, -0.2) is 21.0 Å². The standard InChI is InChI=1S/C12H17FN2O2S.ClH/c13-11-3-1-2-9(6-11)8-18(16,17)15-7-12(14)10-4-5-10;/h1-3,6,10,12,15H,4-5,7-8,14H2;1H. The van der Waals surface area contributed by atoms with Gasteiger partial charge in [-0.15, -0.1) is 12.4 Å². The van der Waals surface area contributed by atoms with Crippen molar-refractivity contribution in [3.05, 3.63) is 35.6 Å². The number of hydrogen-bond acceptors (Lipinski definition) is 3. The Kier molecular flexibility index (Phi) is 5.73. The van der Waals surface area contributed by atoms with Gasteiger partial charge in [0.15, 0.2) is 0 Å². The molecule has 1 unspecified atom stereocenters. The van der Waals surface area contributed by atoms with Crippen molar-refractivity contribution >= 4 is 22.4 Å². The quantitative estimate of drug-likeness (QED) is 0.834. The Hall–Kier alpha value is -0.690. The van der Waals surface area contributed by atoms with Crippen molar-refractivity contribution in [2.24, 2.45) is 11.7 Å². The molecular weight excluding hydrogens is 291 g/mol. The van der Waals surface area contributed by atoms with Crippen molar-refractivity contribution in [1.82, 2.24) is 4.72 Å². The number of nitrogens with two attached hydrogens (primary N) is 1. The summed E-state index contributed by atoms with van der Waals surface area (Å²) in [5.74, 6) is -0.207. The fourth-order valence-corrected chi connectivity index (χ4v) is 2.98. The van der Waals surface area contributed by atoms with Crippen molar-refractivity contribution in [2.45, 2.75) is 24.6 Å². The summed E-state index contributed by atoms with van der Waals surface area (Å²) in [6.45, 7) is 0.252. The van der Waals surface area contributed by atoms with E-state index in [1.165, 1.54) is 18.2 Å². The van der Waals surface area contributed by atoms with Crippen molar-refractivity contribution in [1.29, 1.82) is 0 Å². The van der Waals surface area contributed by atoms with E-state index in [9.17, 15) is 12.8 Å². The highest BCUT2D eigenvalue weighted by Gasteiger charge is 2.29. The minimum Gasteiger partial charge on any atom is -0.326 e. The van der Waals surface area contributed by atoms with E-state index >= 15 is 0 Å². The molecule has 1 aliphatic rings. The first kappa shape index (κ1) is 16.4. The molecule has 0 radical (unpaired) electrons. The predicted molar refractivity (Wildman–Crippen MR) is 75.0 cm³/mol. The molecule has 3 N–H and O–H groups in total. The third-order valence-corrected chi connectivity index (χ3v) is 4.33. The number of rotatable bonds is 6. The molecule has 0 spiro atoms. The number of hydrogen-bond donors (Lipinski definition) is 2. The molecule has 1 aliphatic carbocycles. The minimum atomic E-state index is -3.45. The minimum absolute atomic E-state index is 0. The van der Waals surface area contributed by atoms with Gasteiger partial charge in [-0.05, 0) is 36.5 Å². The van der Waals surface area contributed by atoms with Gasteiger partial charge < -0.3 is 5.73 Å². The lowest BCUT2D eigenvalue weighted by Crippen LogP contribution is -2.39. The second-order valence-electron chi connectivity index (χ2n) is 4.74. The van der Waals surface area contributed by atoms with Crippen LogP contribution < -0.4 is 10.5 Å². The Balaban J connectivity index is 0.00000180. The van der Waals surface area contributed by atoms with Crippen LogP contribution >= 0.6 is 12.4 Å². The van der Waals surface area contributed by atoms with Gasteiger partial charge in [0.1, 0.15) is 5.82 Å². The van der Waals surface area contributed by atoms with E-state index in [2.05, 4.69) is 4.72 Å². The van der Waals surface area contributed by atoms with Crippen LogP contribution in [0, 0.1) is 11.7 Å². The Morgan fingerprint density at radius 3 is 2.68 bits per heavy atom. The van der Waals surface area contributed by atoms with Gasteiger partial charge in [-0.1, -0.05) is 12.1 Å². The highest BCUT2D eigenvalue weighted by molar-refractivity contribution is 7.88. The zero-order valence-corrected chi connectivity index (χ0v) is 12.0. The van der Waals surface area contributed by atoms with Crippen LogP contribution in [0.2, 0.25) is 0 Å². The fraction of sp³-hybridized carbons (Fsp3) is 0.500. The molecule has 0 bridgehead atoms. The zero-order valence-electron chi connectivity index (χ0n) is 10.4. The van der Waals surface area contributed by atoms with Crippen LogP contribution in [-0.2, 0) is 15.8 Å². The maximum atomic E-state index is 12.9. The summed E-state index contributed by atoms with van der Waals surface area (Å²) in [5.41, 5.74) is 6.25. The Morgan fingerprint density at radius 2 is 2.11 bits per heavy atom. The van der Waals surface area contributed by atoms with Crippen LogP contribution in [0.5, 0.6) is 0 Å². The maximum Gasteiger partial charge on any atom is 0.215 e. The summed E-state index contributed by atoms with van der Waals surface area (Å²) in [6.07, 6.45) is 2.15. The molecule has 0 aliphatic heterocycles. The average molecular weight is 309 g/mol. The van der Waals surface area contributed by atoms with Gasteiger partial charge in [0.25, 0.3) is 0 Å². The van der Waals surface area contributed by atoms with E-state index in [4.69, 9.17) is 5.73 Å². The molecule has 4 nitrogen and oxygen atoms in total. The second-order valence-corrected chi connectivity index (χ2v) is 6.55. The number of nitrogens with one attached hydrogen (secondary N) is 1. The van der Waals surface area contributed by atoms with Crippen molar-refractivity contribution in [3.63, 3.8) is 0 Å². The van der Waals surface area contributed by atoms with E-state index < -0.39 is 15.8 Å². The summed E-state index contributed by atoms with van der Waals surface area (Å²) in [5, 5.41) is 0. The van der Waals surface area contributed by atoms with Crippen molar-refractivity contribution < 1.29 is 12.8 Å². The van der Waals surface area contributed by atoms with Gasteiger partial charge in [0.2, 0.25) is 10.0 Å². The monoisotopic (exact) mass is 308 g/mol. The topological polar surface area (TPSA) is 72.2 Å². The predicted octanol–water partition coefficient (Wildman–Crippen LogP) is 1.40. The first-order valence-electron chi connectivity index (χ1n) is 5.94. The molecule has 1 fully saturated rings. The molecular formula is C12H18ClFN2O2S. The van der Waals surface area contributed by atoms with E-state index in [1.807, 2.05) is 0 Å². The summed E-state index contributed by atoms with van der Waals surface area (Å²) >= 11 is 0. The van der Waals surface area contributed by atoms with E-state index in [1.54, 1.807) is 6.07 Å². The zero-order chi connectivity index (χ0) is 13.2. The Labute approximate surface area is 119 Å². The molecule has 0 aromatic heterocycles. The van der Waals surface area contributed by atoms with Crippen LogP contribution in [0.3, 0.4) is 0 Å². The second kappa shape index (κ2) is 6.65. The molecule has 0 heterocycles. The Bertz CT molecular complexity index is 520. The normalized spacial score (nSPS) is 16.7. The maximum absolute atomic E-state index is 12.9. The molecule has 7 heteroatoms. The van der Waals surface area contributed by atoms with Gasteiger partial charge in [0.05, 0.1) is 5.75 Å². The largest absolute Gasteiger partial charge is 0.326 e. The summed E-state index contributed by atoms with van der Waals surface area (Å²) in [4.78, 5) is 0. The average Bonchev–Trinajstić information content (AvgIpc) is 3.09. The van der Waals surface area contributed by atoms with Crippen LogP contribution in [0.25, 0.3) is 0 Å². The van der Waals surface area contributed by atoms with Crippen LogP contribution in [0.1, 0.15) is 18.4 Å². The van der Waals surface area contributed by atoms with Gasteiger partial charge in [0, 0.05) is 12.6 Å². The molecule has 1 aromatic carbocycles. The molecule has 108 valence electrons. The smallest absolute Gasteiger partial charge is 0.215 e. The third-order valence-electron chi connectivity index (χ3n) is 3.01. The third kappa shape index (κ3) is 5.44. The molecule has 1 atom stereocenters. The number of sulfonamides is 1. The first-order valence-corrected chi connectivity index (χ1v) is 7.59. The SMILES string of the molecule is Cl.NC(CNS(=O)(=O)Cc1cccc(F)c1)C1CC1. The lowest BCUT2D eigenvalue weighted by atomic mass is 10.2. The van der Waals surface area contributed by atoms with Gasteiger partial charge >= 0.3 is 0 Å². The number of benzene rings is 1. The lowest BCUT2D eigenvalue weighted by Gasteiger charge is -2.12. The fourth-order valence-electron chi connectivity index (χ4n) is 1.81. The van der Waals surface area contributed by atoms with E-state index in [0.717, 1.165) is 12.8 Å². The number of halogens is 2. The summed E-state index contributed by atoms with van der Waals surface area (Å²) in [6, 6.07) is 5.47. The van der Waals surface area contributed by atoms with E-state index in [-0.39, 0.29) is 30.7 Å². The lowest BCUT2D eigenvalue weighted by molar-refractivity contribution is 0.547. The molecule has 19 heavy (non-hydrogen) atoms. The Morgan fingerprint density at radius 1 is 1.42 bits per heavy atom.